The zero-order chi connectivity index (χ0) is 24.6. The first-order valence-corrected chi connectivity index (χ1v) is 12.0. The third kappa shape index (κ3) is 5.01. The number of halogens is 3. The number of hydrogen-bond donors (Lipinski definition) is 1. The van der Waals surface area contributed by atoms with Crippen molar-refractivity contribution < 1.29 is 45.1 Å². The number of fused-ring (bicyclic) bond motifs is 3. The Morgan fingerprint density at radius 1 is 1.18 bits per heavy atom. The Hall–Kier alpha value is -2.76. The average Bonchev–Trinajstić information content (AvgIpc) is 2.77. The van der Waals surface area contributed by atoms with E-state index in [-0.39, 0.29) is 37.2 Å². The first-order valence-electron chi connectivity index (χ1n) is 10.6. The molecule has 1 N–H and O–H groups in total. The average molecular weight is 500 g/mol. The van der Waals surface area contributed by atoms with Gasteiger partial charge in [-0.25, -0.2) is 0 Å². The lowest BCUT2D eigenvalue weighted by Crippen LogP contribution is -2.40. The molecule has 7 nitrogen and oxygen atoms in total. The summed E-state index contributed by atoms with van der Waals surface area (Å²) in [6.07, 6.45) is 0.175. The molecule has 0 spiro atoms. The summed E-state index contributed by atoms with van der Waals surface area (Å²) in [4.78, 5) is 0. The van der Waals surface area contributed by atoms with Crippen molar-refractivity contribution >= 4 is 10.1 Å². The fraction of sp³-hybridized carbons (Fsp3) is 0.391. The van der Waals surface area contributed by atoms with Crippen LogP contribution in [0.5, 0.6) is 11.5 Å². The second-order valence-corrected chi connectivity index (χ2v) is 9.56. The fourth-order valence-electron chi connectivity index (χ4n) is 4.11. The highest BCUT2D eigenvalue weighted by molar-refractivity contribution is 7.87. The van der Waals surface area contributed by atoms with E-state index in [1.165, 1.54) is 6.07 Å². The van der Waals surface area contributed by atoms with Gasteiger partial charge in [0.05, 0.1) is 0 Å². The maximum Gasteiger partial charge on any atom is 0.534 e. The van der Waals surface area contributed by atoms with E-state index in [1.807, 2.05) is 30.3 Å². The molecule has 2 unspecified atom stereocenters. The van der Waals surface area contributed by atoms with Crippen LogP contribution >= 0.6 is 0 Å². The van der Waals surface area contributed by atoms with Gasteiger partial charge in [0.1, 0.15) is 18.1 Å². The SMILES string of the molecule is CCOC1(O)CCC2C(=C(OS(=O)(=O)C(F)(F)F)Oc3ccc(OCc4ccccc4)cc32)C1. The largest absolute Gasteiger partial charge is 0.534 e. The molecule has 2 aromatic rings. The van der Waals surface area contributed by atoms with Gasteiger partial charge >= 0.3 is 21.6 Å². The lowest BCUT2D eigenvalue weighted by atomic mass is 9.76. The third-order valence-electron chi connectivity index (χ3n) is 5.66. The predicted octanol–water partition coefficient (Wildman–Crippen LogP) is 4.73. The lowest BCUT2D eigenvalue weighted by molar-refractivity contribution is -0.211. The number of aliphatic hydroxyl groups is 1. The maximum atomic E-state index is 13.0. The van der Waals surface area contributed by atoms with Gasteiger partial charge in [0.25, 0.3) is 0 Å². The molecule has 2 atom stereocenters. The van der Waals surface area contributed by atoms with Crippen molar-refractivity contribution in [2.24, 2.45) is 0 Å². The highest BCUT2D eigenvalue weighted by Gasteiger charge is 2.51. The van der Waals surface area contributed by atoms with Crippen molar-refractivity contribution in [3.8, 4) is 11.5 Å². The summed E-state index contributed by atoms with van der Waals surface area (Å²) in [5.74, 6) is -2.40. The van der Waals surface area contributed by atoms with Gasteiger partial charge in [-0.2, -0.15) is 21.6 Å². The van der Waals surface area contributed by atoms with Crippen LogP contribution in [-0.2, 0) is 25.6 Å². The Labute approximate surface area is 194 Å². The molecule has 0 bridgehead atoms. The van der Waals surface area contributed by atoms with Gasteiger partial charge in [0, 0.05) is 36.5 Å². The van der Waals surface area contributed by atoms with Gasteiger partial charge in [0.2, 0.25) is 0 Å². The van der Waals surface area contributed by atoms with E-state index in [0.29, 0.717) is 17.9 Å². The van der Waals surface area contributed by atoms with Crippen LogP contribution in [0.25, 0.3) is 0 Å². The highest BCUT2D eigenvalue weighted by atomic mass is 32.2. The van der Waals surface area contributed by atoms with Crippen molar-refractivity contribution in [1.82, 2.24) is 0 Å². The summed E-state index contributed by atoms with van der Waals surface area (Å²) in [6.45, 7) is 2.11. The Balaban J connectivity index is 1.66. The standard InChI is InChI=1S/C23H23F3O7S/c1-2-31-22(27)11-10-17-18-12-16(30-14-15-6-4-3-5-7-15)8-9-20(18)32-21(19(17)13-22)33-34(28,29)23(24,25)26/h3-9,12,17,27H,2,10-11,13-14H2,1H3. The molecule has 2 aromatic carbocycles. The van der Waals surface area contributed by atoms with Crippen LogP contribution < -0.4 is 9.47 Å². The second kappa shape index (κ2) is 9.12. The van der Waals surface area contributed by atoms with Gasteiger partial charge in [-0.15, -0.1) is 0 Å². The molecule has 184 valence electrons. The van der Waals surface area contributed by atoms with Gasteiger partial charge in [-0.05, 0) is 37.1 Å². The van der Waals surface area contributed by atoms with Crippen LogP contribution in [0.4, 0.5) is 13.2 Å². The summed E-state index contributed by atoms with van der Waals surface area (Å²) < 4.78 is 83.4. The maximum absolute atomic E-state index is 13.0. The summed E-state index contributed by atoms with van der Waals surface area (Å²) in [7, 11) is -5.98. The van der Waals surface area contributed by atoms with Gasteiger partial charge in [-0.1, -0.05) is 30.3 Å². The minimum atomic E-state index is -5.98. The summed E-state index contributed by atoms with van der Waals surface area (Å²) in [5.41, 5.74) is -4.03. The summed E-state index contributed by atoms with van der Waals surface area (Å²) in [5, 5.41) is 10.7. The normalized spacial score (nSPS) is 22.4. The monoisotopic (exact) mass is 500 g/mol. The van der Waals surface area contributed by atoms with Crippen LogP contribution in [0.3, 0.4) is 0 Å². The first-order chi connectivity index (χ1) is 16.0. The van der Waals surface area contributed by atoms with E-state index >= 15 is 0 Å². The predicted molar refractivity (Wildman–Crippen MR) is 114 cm³/mol. The fourth-order valence-corrected chi connectivity index (χ4v) is 4.54. The molecule has 0 amide bonds. The van der Waals surface area contributed by atoms with Crippen molar-refractivity contribution in [3.63, 3.8) is 0 Å². The lowest BCUT2D eigenvalue weighted by Gasteiger charge is -2.40. The van der Waals surface area contributed by atoms with Crippen LogP contribution in [0.1, 0.15) is 43.2 Å². The number of ether oxygens (including phenoxy) is 3. The Kier molecular flexibility index (Phi) is 6.54. The smallest absolute Gasteiger partial charge is 0.489 e. The van der Waals surface area contributed by atoms with Crippen LogP contribution in [0, 0.1) is 0 Å². The summed E-state index contributed by atoms with van der Waals surface area (Å²) >= 11 is 0. The zero-order valence-corrected chi connectivity index (χ0v) is 19.0. The van der Waals surface area contributed by atoms with Gasteiger partial charge < -0.3 is 23.5 Å². The quantitative estimate of drug-likeness (QED) is 0.334. The Morgan fingerprint density at radius 2 is 1.91 bits per heavy atom. The highest BCUT2D eigenvalue weighted by Crippen LogP contribution is 2.51. The molecule has 1 heterocycles. The number of hydrogen-bond acceptors (Lipinski definition) is 7. The molecule has 0 radical (unpaired) electrons. The Morgan fingerprint density at radius 3 is 2.59 bits per heavy atom. The van der Waals surface area contributed by atoms with E-state index in [9.17, 15) is 26.7 Å². The third-order valence-corrected chi connectivity index (χ3v) is 6.60. The van der Waals surface area contributed by atoms with Crippen molar-refractivity contribution in [1.29, 1.82) is 0 Å². The van der Waals surface area contributed by atoms with Gasteiger partial charge in [-0.3, -0.25) is 0 Å². The molecular formula is C23H23F3O7S. The molecular weight excluding hydrogens is 477 g/mol. The number of rotatable bonds is 7. The minimum Gasteiger partial charge on any atom is -0.489 e. The first kappa shape index (κ1) is 24.4. The Bertz CT molecular complexity index is 1180. The van der Waals surface area contributed by atoms with E-state index in [1.54, 1.807) is 19.1 Å². The molecule has 1 aliphatic carbocycles. The molecule has 11 heteroatoms. The minimum absolute atomic E-state index is 0.0720. The van der Waals surface area contributed by atoms with E-state index in [0.717, 1.165) is 5.56 Å². The molecule has 1 aliphatic heterocycles. The van der Waals surface area contributed by atoms with Crippen LogP contribution in [0.15, 0.2) is 60.0 Å². The molecule has 2 aliphatic rings. The van der Waals surface area contributed by atoms with Gasteiger partial charge in [0.15, 0.2) is 5.79 Å². The topological polar surface area (TPSA) is 91.3 Å². The van der Waals surface area contributed by atoms with Crippen LogP contribution in [0.2, 0.25) is 0 Å². The molecule has 0 saturated heterocycles. The van der Waals surface area contributed by atoms with E-state index in [4.69, 9.17) is 14.2 Å². The number of alkyl halides is 3. The van der Waals surface area contributed by atoms with Crippen molar-refractivity contribution in [2.75, 3.05) is 6.61 Å². The van der Waals surface area contributed by atoms with Crippen molar-refractivity contribution in [3.05, 3.63) is 71.2 Å². The van der Waals surface area contributed by atoms with Crippen molar-refractivity contribution in [2.45, 2.75) is 50.0 Å². The number of benzene rings is 2. The second-order valence-electron chi connectivity index (χ2n) is 8.02. The molecule has 0 aromatic heterocycles. The van der Waals surface area contributed by atoms with Crippen LogP contribution in [-0.4, -0.2) is 31.4 Å². The molecule has 1 fully saturated rings. The molecule has 1 saturated carbocycles. The zero-order valence-electron chi connectivity index (χ0n) is 18.2. The van der Waals surface area contributed by atoms with E-state index in [2.05, 4.69) is 4.18 Å². The molecule has 4 rings (SSSR count). The summed E-state index contributed by atoms with van der Waals surface area (Å²) in [6, 6.07) is 14.2. The van der Waals surface area contributed by atoms with E-state index < -0.39 is 33.3 Å². The molecule has 34 heavy (non-hydrogen) atoms.